The van der Waals surface area contributed by atoms with Gasteiger partial charge in [0.1, 0.15) is 17.2 Å². The van der Waals surface area contributed by atoms with Crippen LogP contribution in [0.25, 0.3) is 10.9 Å². The van der Waals surface area contributed by atoms with Crippen LogP contribution in [0.1, 0.15) is 38.9 Å². The molecule has 3 heterocycles. The lowest BCUT2D eigenvalue weighted by atomic mass is 10.1. The molecule has 3 aromatic carbocycles. The van der Waals surface area contributed by atoms with Crippen LogP contribution in [0.4, 0.5) is 18.9 Å². The zero-order valence-corrected chi connectivity index (χ0v) is 28.6. The minimum Gasteiger partial charge on any atom is -0.494 e. The number of amides is 2. The van der Waals surface area contributed by atoms with Crippen molar-refractivity contribution in [3.63, 3.8) is 0 Å². The summed E-state index contributed by atoms with van der Waals surface area (Å²) in [5.74, 6) is 1.07. The lowest BCUT2D eigenvalue weighted by Gasteiger charge is -2.34. The Morgan fingerprint density at radius 3 is 2.20 bits per heavy atom. The molecule has 5 aromatic rings. The van der Waals surface area contributed by atoms with Gasteiger partial charge in [0, 0.05) is 62.3 Å². The molecule has 1 N–H and O–H groups in total. The molecule has 2 amide bonds. The number of alkyl halides is 3. The monoisotopic (exact) mass is 737 g/mol. The Hall–Kier alpha value is -4.88. The Morgan fingerprint density at radius 1 is 0.878 bits per heavy atom. The van der Waals surface area contributed by atoms with Crippen molar-refractivity contribution in [1.29, 1.82) is 0 Å². The molecule has 256 valence electrons. The summed E-state index contributed by atoms with van der Waals surface area (Å²) in [6.45, 7) is 6.26. The summed E-state index contributed by atoms with van der Waals surface area (Å²) >= 11 is 0. The minimum absolute atomic E-state index is 0. The first-order chi connectivity index (χ1) is 23.1. The highest BCUT2D eigenvalue weighted by molar-refractivity contribution is 8.93. The van der Waals surface area contributed by atoms with E-state index in [0.29, 0.717) is 36.8 Å². The minimum atomic E-state index is -4.48. The highest BCUT2D eigenvalue weighted by atomic mass is 79.9. The smallest absolute Gasteiger partial charge is 0.416 e. The number of hydrogen-bond donors (Lipinski definition) is 1. The number of pyridine rings is 1. The highest BCUT2D eigenvalue weighted by Gasteiger charge is 2.30. The summed E-state index contributed by atoms with van der Waals surface area (Å²) in [5.41, 5.74) is 2.29. The first kappa shape index (κ1) is 35.4. The fourth-order valence-electron chi connectivity index (χ4n) is 5.63. The van der Waals surface area contributed by atoms with Gasteiger partial charge in [0.25, 0.3) is 11.8 Å². The summed E-state index contributed by atoms with van der Waals surface area (Å²) in [6, 6.07) is 22.6. The van der Waals surface area contributed by atoms with Crippen molar-refractivity contribution >= 4 is 45.4 Å². The number of carbonyl (C=O) groups is 2. The molecule has 0 saturated carbocycles. The number of ether oxygens (including phenoxy) is 2. The zero-order chi connectivity index (χ0) is 33.8. The van der Waals surface area contributed by atoms with Crippen LogP contribution in [-0.2, 0) is 19.8 Å². The maximum atomic E-state index is 13.5. The number of carbonyl (C=O) groups excluding carboxylic acids is 2. The molecule has 13 heteroatoms. The number of nitrogens with zero attached hydrogens (tertiary/aromatic N) is 4. The van der Waals surface area contributed by atoms with Crippen molar-refractivity contribution in [3.05, 3.63) is 114 Å². The first-order valence-corrected chi connectivity index (χ1v) is 15.5. The van der Waals surface area contributed by atoms with Gasteiger partial charge in [0.05, 0.1) is 24.1 Å². The second kappa shape index (κ2) is 15.1. The van der Waals surface area contributed by atoms with Crippen molar-refractivity contribution in [2.24, 2.45) is 7.05 Å². The average molecular weight is 739 g/mol. The molecular weight excluding hydrogens is 703 g/mol. The molecular formula is C36H35BrF3N5O4. The van der Waals surface area contributed by atoms with Gasteiger partial charge < -0.3 is 24.3 Å². The van der Waals surface area contributed by atoms with Crippen LogP contribution in [-0.4, -0.2) is 64.0 Å². The fourth-order valence-corrected chi connectivity index (χ4v) is 5.63. The maximum absolute atomic E-state index is 13.5. The van der Waals surface area contributed by atoms with Crippen LogP contribution in [0.2, 0.25) is 0 Å². The predicted octanol–water partition coefficient (Wildman–Crippen LogP) is 7.57. The topological polar surface area (TPSA) is 88.9 Å². The van der Waals surface area contributed by atoms with Gasteiger partial charge in [-0.1, -0.05) is 12.1 Å². The fraction of sp³-hybridized carbons (Fsp3) is 0.250. The lowest BCUT2D eigenvalue weighted by molar-refractivity contribution is -0.137. The number of hydrogen-bond acceptors (Lipinski definition) is 6. The summed E-state index contributed by atoms with van der Waals surface area (Å²) in [6.07, 6.45) is -3.08. The molecule has 0 atom stereocenters. The van der Waals surface area contributed by atoms with Gasteiger partial charge in [0.15, 0.2) is 0 Å². The Balaban J connectivity index is 0.00000468. The largest absolute Gasteiger partial charge is 0.494 e. The van der Waals surface area contributed by atoms with E-state index in [1.165, 1.54) is 11.8 Å². The average Bonchev–Trinajstić information content (AvgIpc) is 3.41. The van der Waals surface area contributed by atoms with Crippen molar-refractivity contribution in [3.8, 4) is 17.4 Å². The number of nitrogens with one attached hydrogen (secondary N) is 1. The molecule has 0 radical (unpaired) electrons. The quantitative estimate of drug-likeness (QED) is 0.168. The lowest BCUT2D eigenvalue weighted by Crippen LogP contribution is -2.48. The summed E-state index contributed by atoms with van der Waals surface area (Å²) < 4.78 is 51.8. The van der Waals surface area contributed by atoms with Gasteiger partial charge in [-0.2, -0.15) is 13.2 Å². The second-order valence-corrected chi connectivity index (χ2v) is 11.5. The van der Waals surface area contributed by atoms with E-state index in [1.54, 1.807) is 18.2 Å². The number of piperazine rings is 1. The van der Waals surface area contributed by atoms with E-state index in [-0.39, 0.29) is 34.3 Å². The molecule has 0 aliphatic carbocycles. The van der Waals surface area contributed by atoms with Gasteiger partial charge in [-0.15, -0.1) is 17.0 Å². The van der Waals surface area contributed by atoms with Crippen molar-refractivity contribution < 1.29 is 32.2 Å². The number of fused-ring (bicyclic) bond motifs is 1. The van der Waals surface area contributed by atoms with E-state index in [9.17, 15) is 22.8 Å². The molecule has 49 heavy (non-hydrogen) atoms. The molecule has 0 spiro atoms. The number of aromatic nitrogens is 2. The first-order valence-electron chi connectivity index (χ1n) is 15.5. The second-order valence-electron chi connectivity index (χ2n) is 11.5. The molecule has 9 nitrogen and oxygen atoms in total. The van der Waals surface area contributed by atoms with Crippen LogP contribution in [0.5, 0.6) is 17.4 Å². The predicted molar refractivity (Wildman–Crippen MR) is 186 cm³/mol. The number of anilines is 1. The van der Waals surface area contributed by atoms with Crippen molar-refractivity contribution in [2.75, 3.05) is 38.1 Å². The van der Waals surface area contributed by atoms with E-state index >= 15 is 0 Å². The van der Waals surface area contributed by atoms with E-state index in [1.807, 2.05) is 53.8 Å². The van der Waals surface area contributed by atoms with E-state index in [4.69, 9.17) is 9.47 Å². The summed E-state index contributed by atoms with van der Waals surface area (Å²) in [5, 5.41) is 3.45. The molecule has 1 aliphatic rings. The van der Waals surface area contributed by atoms with E-state index < -0.39 is 17.6 Å². The Kier molecular flexibility index (Phi) is 10.9. The van der Waals surface area contributed by atoms with Gasteiger partial charge in [-0.3, -0.25) is 14.5 Å². The Labute approximate surface area is 292 Å². The maximum Gasteiger partial charge on any atom is 0.416 e. The van der Waals surface area contributed by atoms with Crippen molar-refractivity contribution in [1.82, 2.24) is 19.4 Å². The molecule has 2 aromatic heterocycles. The Bertz CT molecular complexity index is 1910. The summed E-state index contributed by atoms with van der Waals surface area (Å²) in [7, 11) is 1.87. The number of aryl methyl sites for hydroxylation is 1. The zero-order valence-electron chi connectivity index (χ0n) is 26.9. The van der Waals surface area contributed by atoms with E-state index in [0.717, 1.165) is 60.6 Å². The molecule has 1 fully saturated rings. The van der Waals surface area contributed by atoms with Gasteiger partial charge in [0.2, 0.25) is 5.88 Å². The van der Waals surface area contributed by atoms with Crippen LogP contribution in [0.15, 0.2) is 91.1 Å². The third-order valence-electron chi connectivity index (χ3n) is 8.22. The third kappa shape index (κ3) is 8.41. The SMILES string of the molecule is Br.CCOc1ccc(CN2CCN(C(=O)c3cc4cc(Oc5ccc(NC(=O)c6ccc(C(F)(F)F)cc6)cn5)ccc4n3C)CC2)cc1. The van der Waals surface area contributed by atoms with Gasteiger partial charge >= 0.3 is 6.18 Å². The van der Waals surface area contributed by atoms with Crippen LogP contribution in [0.3, 0.4) is 0 Å². The highest BCUT2D eigenvalue weighted by Crippen LogP contribution is 2.30. The molecule has 6 rings (SSSR count). The summed E-state index contributed by atoms with van der Waals surface area (Å²) in [4.78, 5) is 34.5. The molecule has 0 unspecified atom stereocenters. The van der Waals surface area contributed by atoms with Gasteiger partial charge in [-0.25, -0.2) is 4.98 Å². The standard InChI is InChI=1S/C36H34F3N5O4.BrH/c1-3-47-29-11-4-24(5-12-29)23-43-16-18-44(19-17-43)35(46)32-21-26-20-30(13-14-31(26)42(32)2)48-33-15-10-28(22-40-33)41-34(45)25-6-8-27(9-7-25)36(37,38)39;/h4-15,20-22H,3,16-19,23H2,1-2H3,(H,41,45);1H. The number of benzene rings is 3. The Morgan fingerprint density at radius 2 is 1.57 bits per heavy atom. The normalized spacial score (nSPS) is 13.5. The molecule has 0 bridgehead atoms. The van der Waals surface area contributed by atoms with Crippen LogP contribution < -0.4 is 14.8 Å². The molecule has 1 aliphatic heterocycles. The van der Waals surface area contributed by atoms with Crippen molar-refractivity contribution in [2.45, 2.75) is 19.6 Å². The molecule has 1 saturated heterocycles. The number of halogens is 4. The van der Waals surface area contributed by atoms with Crippen LogP contribution in [0, 0.1) is 0 Å². The van der Waals surface area contributed by atoms with Gasteiger partial charge in [-0.05, 0) is 79.2 Å². The van der Waals surface area contributed by atoms with Crippen LogP contribution >= 0.6 is 17.0 Å². The third-order valence-corrected chi connectivity index (χ3v) is 8.22. The number of rotatable bonds is 9. The van der Waals surface area contributed by atoms with E-state index in [2.05, 4.69) is 27.3 Å².